The summed E-state index contributed by atoms with van der Waals surface area (Å²) in [5.74, 6) is -0.733. The van der Waals surface area contributed by atoms with Crippen molar-refractivity contribution in [3.8, 4) is 11.3 Å². The number of aryl methyl sites for hydroxylation is 2. The smallest absolute Gasteiger partial charge is 0.292 e. The third-order valence-electron chi connectivity index (χ3n) is 2.30. The van der Waals surface area contributed by atoms with Gasteiger partial charge in [-0.3, -0.25) is 14.6 Å². The predicted molar refractivity (Wildman–Crippen MR) is 56.2 cm³/mol. The van der Waals surface area contributed by atoms with Crippen molar-refractivity contribution in [1.82, 2.24) is 9.78 Å². The van der Waals surface area contributed by atoms with E-state index in [4.69, 9.17) is 0 Å². The summed E-state index contributed by atoms with van der Waals surface area (Å²) in [4.78, 5) is 11.2. The van der Waals surface area contributed by atoms with E-state index < -0.39 is 11.4 Å². The van der Waals surface area contributed by atoms with E-state index in [2.05, 4.69) is 5.10 Å². The zero-order valence-electron chi connectivity index (χ0n) is 8.54. The van der Waals surface area contributed by atoms with Gasteiger partial charge in [0.05, 0.1) is 0 Å². The highest BCUT2D eigenvalue weighted by atomic mass is 19.1. The molecule has 3 nitrogen and oxygen atoms in total. The number of aromatic nitrogens is 2. The van der Waals surface area contributed by atoms with Gasteiger partial charge >= 0.3 is 5.56 Å². The summed E-state index contributed by atoms with van der Waals surface area (Å²) in [7, 11) is 1.49. The largest absolute Gasteiger partial charge is 0.302 e. The summed E-state index contributed by atoms with van der Waals surface area (Å²) in [5.41, 5.74) is 1.32. The molecule has 0 bridgehead atoms. The summed E-state index contributed by atoms with van der Waals surface area (Å²) in [6.07, 6.45) is 0. The fourth-order valence-electron chi connectivity index (χ4n) is 1.51. The van der Waals surface area contributed by atoms with Crippen molar-refractivity contribution in [2.24, 2.45) is 7.05 Å². The van der Waals surface area contributed by atoms with Crippen molar-refractivity contribution in [2.75, 3.05) is 0 Å². The summed E-state index contributed by atoms with van der Waals surface area (Å²) in [6, 6.07) is 7.34. The number of nitrogens with one attached hydrogen (secondary N) is 1. The summed E-state index contributed by atoms with van der Waals surface area (Å²) >= 11 is 0. The van der Waals surface area contributed by atoms with Crippen LogP contribution in [0.4, 0.5) is 4.39 Å². The molecule has 78 valence electrons. The number of benzene rings is 1. The van der Waals surface area contributed by atoms with Gasteiger partial charge in [-0.1, -0.05) is 23.8 Å². The minimum atomic E-state index is -0.733. The monoisotopic (exact) mass is 206 g/mol. The highest BCUT2D eigenvalue weighted by Crippen LogP contribution is 2.19. The predicted octanol–water partition coefficient (Wildman–Crippen LogP) is 1.83. The van der Waals surface area contributed by atoms with Crippen LogP contribution in [0.15, 0.2) is 29.1 Å². The third-order valence-corrected chi connectivity index (χ3v) is 2.30. The Kier molecular flexibility index (Phi) is 2.19. The molecule has 4 heteroatoms. The Morgan fingerprint density at radius 1 is 1.40 bits per heavy atom. The summed E-state index contributed by atoms with van der Waals surface area (Å²) < 4.78 is 14.6. The van der Waals surface area contributed by atoms with Crippen LogP contribution >= 0.6 is 0 Å². The second-order valence-corrected chi connectivity index (χ2v) is 3.53. The van der Waals surface area contributed by atoms with Crippen molar-refractivity contribution in [1.29, 1.82) is 0 Å². The van der Waals surface area contributed by atoms with Crippen molar-refractivity contribution in [2.45, 2.75) is 6.92 Å². The molecule has 0 saturated carbocycles. The Balaban J connectivity index is 2.64. The molecule has 1 aromatic heterocycles. The van der Waals surface area contributed by atoms with Gasteiger partial charge in [-0.05, 0) is 13.0 Å². The molecule has 0 aliphatic carbocycles. The lowest BCUT2D eigenvalue weighted by Gasteiger charge is -1.99. The van der Waals surface area contributed by atoms with Crippen LogP contribution in [0.25, 0.3) is 11.3 Å². The molecule has 0 aliphatic heterocycles. The molecule has 0 amide bonds. The highest BCUT2D eigenvalue weighted by Gasteiger charge is 2.13. The van der Waals surface area contributed by atoms with E-state index in [0.717, 1.165) is 10.2 Å². The average Bonchev–Trinajstić information content (AvgIpc) is 2.46. The highest BCUT2D eigenvalue weighted by molar-refractivity contribution is 5.60. The minimum absolute atomic E-state index is 0.242. The van der Waals surface area contributed by atoms with Gasteiger partial charge in [-0.15, -0.1) is 0 Å². The average molecular weight is 206 g/mol. The second-order valence-electron chi connectivity index (χ2n) is 3.53. The molecule has 1 aromatic carbocycles. The number of halogens is 1. The maximum Gasteiger partial charge on any atom is 0.302 e. The van der Waals surface area contributed by atoms with Gasteiger partial charge in [0.2, 0.25) is 5.82 Å². The van der Waals surface area contributed by atoms with Crippen molar-refractivity contribution in [3.05, 3.63) is 46.0 Å². The molecule has 0 spiro atoms. The molecule has 1 heterocycles. The number of hydrogen-bond donors (Lipinski definition) is 1. The van der Waals surface area contributed by atoms with Gasteiger partial charge in [0.1, 0.15) is 5.69 Å². The van der Waals surface area contributed by atoms with E-state index in [-0.39, 0.29) is 5.69 Å². The van der Waals surface area contributed by atoms with Gasteiger partial charge in [-0.2, -0.15) is 4.39 Å². The number of aromatic amines is 1. The molecule has 0 aliphatic rings. The van der Waals surface area contributed by atoms with Crippen LogP contribution in [0, 0.1) is 12.7 Å². The molecular weight excluding hydrogens is 195 g/mol. The van der Waals surface area contributed by atoms with E-state index >= 15 is 0 Å². The van der Waals surface area contributed by atoms with Crippen LogP contribution in [0.2, 0.25) is 0 Å². The van der Waals surface area contributed by atoms with Crippen LogP contribution in [-0.2, 0) is 7.05 Å². The minimum Gasteiger partial charge on any atom is -0.292 e. The number of nitrogens with zero attached hydrogens (tertiary/aromatic N) is 1. The van der Waals surface area contributed by atoms with E-state index in [0.29, 0.717) is 5.56 Å². The van der Waals surface area contributed by atoms with Gasteiger partial charge in [0.25, 0.3) is 0 Å². The molecule has 0 radical (unpaired) electrons. The maximum absolute atomic E-state index is 13.5. The lowest BCUT2D eigenvalue weighted by atomic mass is 10.1. The van der Waals surface area contributed by atoms with Gasteiger partial charge in [-0.25, -0.2) is 0 Å². The zero-order valence-corrected chi connectivity index (χ0v) is 8.54. The van der Waals surface area contributed by atoms with Crippen molar-refractivity contribution < 1.29 is 4.39 Å². The number of hydrogen-bond acceptors (Lipinski definition) is 1. The molecule has 2 rings (SSSR count). The lowest BCUT2D eigenvalue weighted by molar-refractivity contribution is 0.611. The molecular formula is C11H11FN2O. The lowest BCUT2D eigenvalue weighted by Crippen LogP contribution is -2.13. The van der Waals surface area contributed by atoms with Crippen LogP contribution in [0.5, 0.6) is 0 Å². The Hall–Kier alpha value is -1.84. The molecule has 1 N–H and O–H groups in total. The normalized spacial score (nSPS) is 10.6. The molecule has 0 saturated heterocycles. The van der Waals surface area contributed by atoms with Gasteiger partial charge in [0, 0.05) is 12.6 Å². The SMILES string of the molecule is Cc1cccc(-c2[nH]n(C)c(=O)c2F)c1. The van der Waals surface area contributed by atoms with E-state index in [1.165, 1.54) is 7.05 Å². The fraction of sp³-hybridized carbons (Fsp3) is 0.182. The van der Waals surface area contributed by atoms with E-state index in [1.807, 2.05) is 25.1 Å². The van der Waals surface area contributed by atoms with Crippen LogP contribution in [0.3, 0.4) is 0 Å². The molecule has 0 unspecified atom stereocenters. The zero-order chi connectivity index (χ0) is 11.0. The van der Waals surface area contributed by atoms with Crippen molar-refractivity contribution >= 4 is 0 Å². The first-order valence-electron chi connectivity index (χ1n) is 4.61. The van der Waals surface area contributed by atoms with Crippen LogP contribution < -0.4 is 5.56 Å². The Morgan fingerprint density at radius 3 is 2.67 bits per heavy atom. The van der Waals surface area contributed by atoms with E-state index in [9.17, 15) is 9.18 Å². The molecule has 0 atom stereocenters. The third kappa shape index (κ3) is 1.58. The Morgan fingerprint density at radius 2 is 2.13 bits per heavy atom. The molecule has 2 aromatic rings. The van der Waals surface area contributed by atoms with Gasteiger partial charge < -0.3 is 0 Å². The maximum atomic E-state index is 13.5. The number of H-pyrrole nitrogens is 1. The van der Waals surface area contributed by atoms with Crippen molar-refractivity contribution in [3.63, 3.8) is 0 Å². The first kappa shape index (κ1) is 9.71. The van der Waals surface area contributed by atoms with E-state index in [1.54, 1.807) is 6.07 Å². The Labute approximate surface area is 86.2 Å². The second kappa shape index (κ2) is 3.38. The fourth-order valence-corrected chi connectivity index (χ4v) is 1.51. The first-order valence-corrected chi connectivity index (χ1v) is 4.61. The van der Waals surface area contributed by atoms with Crippen LogP contribution in [-0.4, -0.2) is 9.78 Å². The molecule has 0 fully saturated rings. The summed E-state index contributed by atoms with van der Waals surface area (Å²) in [6.45, 7) is 1.92. The van der Waals surface area contributed by atoms with Gasteiger partial charge in [0.15, 0.2) is 0 Å². The topological polar surface area (TPSA) is 37.8 Å². The first-order chi connectivity index (χ1) is 7.09. The Bertz CT molecular complexity index is 554. The quantitative estimate of drug-likeness (QED) is 0.759. The standard InChI is InChI=1S/C11H11FN2O/c1-7-4-3-5-8(6-7)10-9(12)11(15)14(2)13-10/h3-6,13H,1-2H3. The van der Waals surface area contributed by atoms with Crippen LogP contribution in [0.1, 0.15) is 5.56 Å². The molecule has 15 heavy (non-hydrogen) atoms. The number of rotatable bonds is 1. The summed E-state index contributed by atoms with van der Waals surface area (Å²) in [5, 5.41) is 2.69.